The van der Waals surface area contributed by atoms with Crippen LogP contribution in [0.25, 0.3) is 0 Å². The number of benzene rings is 2. The first-order valence-corrected chi connectivity index (χ1v) is 9.89. The molecular weight excluding hydrogens is 404 g/mol. The molecule has 1 atom stereocenters. The van der Waals surface area contributed by atoms with E-state index in [2.05, 4.69) is 0 Å². The third-order valence-electron chi connectivity index (χ3n) is 4.95. The summed E-state index contributed by atoms with van der Waals surface area (Å²) in [6.45, 7) is 2.91. The van der Waals surface area contributed by atoms with Crippen LogP contribution in [0.4, 0.5) is 4.39 Å². The van der Waals surface area contributed by atoms with Gasteiger partial charge >= 0.3 is 0 Å². The van der Waals surface area contributed by atoms with E-state index in [9.17, 15) is 14.3 Å². The average Bonchev–Trinajstić information content (AvgIpc) is 2.86. The summed E-state index contributed by atoms with van der Waals surface area (Å²) < 4.78 is 19.1. The van der Waals surface area contributed by atoms with Crippen LogP contribution in [0.15, 0.2) is 36.4 Å². The fourth-order valence-corrected chi connectivity index (χ4v) is 3.62. The molecule has 0 saturated carbocycles. The number of amides is 1. The Morgan fingerprint density at radius 2 is 1.96 bits per heavy atom. The highest BCUT2D eigenvalue weighted by Gasteiger charge is 2.33. The van der Waals surface area contributed by atoms with E-state index in [0.29, 0.717) is 48.7 Å². The van der Waals surface area contributed by atoms with E-state index in [4.69, 9.17) is 27.9 Å². The molecule has 1 N–H and O–H groups in total. The Morgan fingerprint density at radius 3 is 2.71 bits per heavy atom. The second-order valence-electron chi connectivity index (χ2n) is 7.22. The molecule has 1 unspecified atom stereocenters. The third kappa shape index (κ3) is 4.96. The average molecular weight is 426 g/mol. The van der Waals surface area contributed by atoms with Crippen LogP contribution in [0, 0.1) is 12.7 Å². The highest BCUT2D eigenvalue weighted by atomic mass is 35.5. The summed E-state index contributed by atoms with van der Waals surface area (Å²) in [5.74, 6) is -0.252. The Bertz CT molecular complexity index is 877. The molecule has 1 aliphatic heterocycles. The number of rotatable bonds is 4. The Hall–Kier alpha value is -1.82. The molecule has 1 aliphatic rings. The van der Waals surface area contributed by atoms with Crippen molar-refractivity contribution in [3.05, 3.63) is 63.4 Å². The van der Waals surface area contributed by atoms with Crippen LogP contribution in [-0.4, -0.2) is 41.2 Å². The van der Waals surface area contributed by atoms with Gasteiger partial charge in [0.2, 0.25) is 0 Å². The Labute approximate surface area is 173 Å². The Balaban J connectivity index is 1.64. The van der Waals surface area contributed by atoms with Gasteiger partial charge in [-0.1, -0.05) is 29.3 Å². The lowest BCUT2D eigenvalue weighted by Crippen LogP contribution is -2.38. The first-order chi connectivity index (χ1) is 13.3. The number of nitrogens with zero attached hydrogens (tertiary/aromatic N) is 1. The number of hydrogen-bond donors (Lipinski definition) is 1. The number of hydrogen-bond acceptors (Lipinski definition) is 3. The molecule has 0 aromatic heterocycles. The molecular formula is C21H22Cl2FNO3. The van der Waals surface area contributed by atoms with Gasteiger partial charge in [-0.3, -0.25) is 4.79 Å². The summed E-state index contributed by atoms with van der Waals surface area (Å²) in [5, 5.41) is 11.4. The van der Waals surface area contributed by atoms with E-state index in [-0.39, 0.29) is 17.5 Å². The van der Waals surface area contributed by atoms with Crippen LogP contribution >= 0.6 is 23.2 Å². The van der Waals surface area contributed by atoms with Crippen LogP contribution in [0.2, 0.25) is 10.0 Å². The van der Waals surface area contributed by atoms with Crippen LogP contribution in [0.1, 0.15) is 35.2 Å². The fourth-order valence-electron chi connectivity index (χ4n) is 3.27. The lowest BCUT2D eigenvalue weighted by molar-refractivity contribution is -0.0163. The van der Waals surface area contributed by atoms with Crippen molar-refractivity contribution < 1.29 is 19.0 Å². The van der Waals surface area contributed by atoms with Gasteiger partial charge < -0.3 is 14.7 Å². The maximum absolute atomic E-state index is 13.3. The summed E-state index contributed by atoms with van der Waals surface area (Å²) in [6, 6.07) is 9.42. The molecule has 2 aromatic rings. The minimum absolute atomic E-state index is 0.0828. The molecule has 0 aliphatic carbocycles. The lowest BCUT2D eigenvalue weighted by Gasteiger charge is -2.27. The van der Waals surface area contributed by atoms with Crippen LogP contribution < -0.4 is 4.74 Å². The van der Waals surface area contributed by atoms with Crippen molar-refractivity contribution in [3.8, 4) is 5.75 Å². The first kappa shape index (κ1) is 20.9. The van der Waals surface area contributed by atoms with E-state index in [1.54, 1.807) is 11.0 Å². The summed E-state index contributed by atoms with van der Waals surface area (Å²) >= 11 is 11.9. The molecule has 7 heteroatoms. The number of ether oxygens (including phenoxy) is 1. The number of carbonyl (C=O) groups is 1. The van der Waals surface area contributed by atoms with Gasteiger partial charge in [0.1, 0.15) is 23.8 Å². The molecule has 0 spiro atoms. The molecule has 0 radical (unpaired) electrons. The molecule has 2 aromatic carbocycles. The molecule has 4 nitrogen and oxygen atoms in total. The minimum Gasteiger partial charge on any atom is -0.489 e. The van der Waals surface area contributed by atoms with Crippen molar-refractivity contribution in [1.29, 1.82) is 0 Å². The molecule has 1 fully saturated rings. The number of aryl methyl sites for hydroxylation is 1. The second kappa shape index (κ2) is 8.68. The maximum Gasteiger partial charge on any atom is 0.253 e. The predicted molar refractivity (Wildman–Crippen MR) is 108 cm³/mol. The van der Waals surface area contributed by atoms with Gasteiger partial charge in [0, 0.05) is 18.7 Å². The third-order valence-corrected chi connectivity index (χ3v) is 5.56. The summed E-state index contributed by atoms with van der Waals surface area (Å²) in [4.78, 5) is 14.4. The van der Waals surface area contributed by atoms with Crippen molar-refractivity contribution in [2.75, 3.05) is 19.7 Å². The molecule has 0 bridgehead atoms. The number of aliphatic hydroxyl groups is 1. The first-order valence-electron chi connectivity index (χ1n) is 9.13. The fraction of sp³-hybridized carbons (Fsp3) is 0.381. The smallest absolute Gasteiger partial charge is 0.253 e. The van der Waals surface area contributed by atoms with Gasteiger partial charge in [-0.05, 0) is 62.1 Å². The summed E-state index contributed by atoms with van der Waals surface area (Å²) in [5.41, 5.74) is 0.296. The van der Waals surface area contributed by atoms with Crippen molar-refractivity contribution in [1.82, 2.24) is 4.90 Å². The summed E-state index contributed by atoms with van der Waals surface area (Å²) in [6.07, 6.45) is 1.50. The standard InChI is InChI=1S/C21H22Cl2FNO3/c1-14-3-5-16(22)19(11-14)28-13-21(27)7-2-9-25(10-8-21)20(26)15-4-6-18(24)17(23)12-15/h3-6,11-12,27H,2,7-10,13H2,1H3. The van der Waals surface area contributed by atoms with Gasteiger partial charge in [0.05, 0.1) is 10.0 Å². The van der Waals surface area contributed by atoms with Crippen LogP contribution in [-0.2, 0) is 0 Å². The molecule has 150 valence electrons. The lowest BCUT2D eigenvalue weighted by atomic mass is 9.96. The maximum atomic E-state index is 13.3. The monoisotopic (exact) mass is 425 g/mol. The van der Waals surface area contributed by atoms with E-state index < -0.39 is 11.4 Å². The van der Waals surface area contributed by atoms with Crippen LogP contribution in [0.3, 0.4) is 0 Å². The Kier molecular flexibility index (Phi) is 6.48. The zero-order chi connectivity index (χ0) is 20.3. The van der Waals surface area contributed by atoms with E-state index in [1.807, 2.05) is 19.1 Å². The van der Waals surface area contributed by atoms with Crippen molar-refractivity contribution >= 4 is 29.1 Å². The molecule has 1 heterocycles. The highest BCUT2D eigenvalue weighted by Crippen LogP contribution is 2.29. The van der Waals surface area contributed by atoms with Gasteiger partial charge in [-0.2, -0.15) is 0 Å². The number of likely N-dealkylation sites (tertiary alicyclic amines) is 1. The molecule has 1 amide bonds. The second-order valence-corrected chi connectivity index (χ2v) is 8.04. The minimum atomic E-state index is -1.05. The largest absolute Gasteiger partial charge is 0.489 e. The van der Waals surface area contributed by atoms with Crippen LogP contribution in [0.5, 0.6) is 5.75 Å². The van der Waals surface area contributed by atoms with Gasteiger partial charge in [0.15, 0.2) is 0 Å². The molecule has 1 saturated heterocycles. The Morgan fingerprint density at radius 1 is 1.18 bits per heavy atom. The number of carbonyl (C=O) groups excluding carboxylic acids is 1. The van der Waals surface area contributed by atoms with E-state index in [1.165, 1.54) is 18.2 Å². The van der Waals surface area contributed by atoms with Crippen molar-refractivity contribution in [3.63, 3.8) is 0 Å². The van der Waals surface area contributed by atoms with Crippen molar-refractivity contribution in [2.45, 2.75) is 31.8 Å². The zero-order valence-electron chi connectivity index (χ0n) is 15.6. The number of halogens is 3. The summed E-state index contributed by atoms with van der Waals surface area (Å²) in [7, 11) is 0. The topological polar surface area (TPSA) is 49.8 Å². The SMILES string of the molecule is Cc1ccc(Cl)c(OCC2(O)CCCN(C(=O)c3ccc(F)c(Cl)c3)CC2)c1. The van der Waals surface area contributed by atoms with Gasteiger partial charge in [-0.15, -0.1) is 0 Å². The highest BCUT2D eigenvalue weighted by molar-refractivity contribution is 6.32. The van der Waals surface area contributed by atoms with Crippen molar-refractivity contribution in [2.24, 2.45) is 0 Å². The normalized spacial score (nSPS) is 20.0. The predicted octanol–water partition coefficient (Wildman–Crippen LogP) is 4.88. The van der Waals surface area contributed by atoms with Gasteiger partial charge in [-0.25, -0.2) is 4.39 Å². The molecule has 28 heavy (non-hydrogen) atoms. The molecule has 3 rings (SSSR count). The van der Waals surface area contributed by atoms with E-state index in [0.717, 1.165) is 5.56 Å². The van der Waals surface area contributed by atoms with E-state index >= 15 is 0 Å². The quantitative estimate of drug-likeness (QED) is 0.759. The zero-order valence-corrected chi connectivity index (χ0v) is 17.1. The van der Waals surface area contributed by atoms with Gasteiger partial charge in [0.25, 0.3) is 5.91 Å².